The zero-order chi connectivity index (χ0) is 14.4. The highest BCUT2D eigenvalue weighted by atomic mass is 32.2. The topological polar surface area (TPSA) is 55.1 Å². The van der Waals surface area contributed by atoms with Gasteiger partial charge in [-0.05, 0) is 31.0 Å². The Labute approximate surface area is 123 Å². The average Bonchev–Trinajstić information content (AvgIpc) is 2.44. The Morgan fingerprint density at radius 3 is 2.80 bits per heavy atom. The molecular formula is C15H21FN2OS. The van der Waals surface area contributed by atoms with E-state index >= 15 is 0 Å². The molecule has 1 aliphatic rings. The van der Waals surface area contributed by atoms with Gasteiger partial charge in [-0.15, -0.1) is 11.8 Å². The van der Waals surface area contributed by atoms with Gasteiger partial charge >= 0.3 is 0 Å². The molecule has 110 valence electrons. The van der Waals surface area contributed by atoms with Crippen LogP contribution in [-0.4, -0.2) is 17.7 Å². The molecule has 1 aromatic carbocycles. The number of hydrogen-bond donors (Lipinski definition) is 2. The van der Waals surface area contributed by atoms with Crippen LogP contribution in [0.3, 0.4) is 0 Å². The van der Waals surface area contributed by atoms with E-state index in [9.17, 15) is 9.18 Å². The monoisotopic (exact) mass is 296 g/mol. The van der Waals surface area contributed by atoms with Gasteiger partial charge in [-0.25, -0.2) is 4.39 Å². The van der Waals surface area contributed by atoms with Crippen molar-refractivity contribution < 1.29 is 9.18 Å². The number of nitrogens with one attached hydrogen (secondary N) is 1. The predicted molar refractivity (Wildman–Crippen MR) is 81.2 cm³/mol. The first-order chi connectivity index (χ1) is 9.65. The number of carbonyl (C=O) groups excluding carboxylic acids is 1. The first-order valence-corrected chi connectivity index (χ1v) is 8.11. The summed E-state index contributed by atoms with van der Waals surface area (Å²) in [6, 6.07) is 5.11. The molecule has 3 nitrogen and oxygen atoms in total. The predicted octanol–water partition coefficient (Wildman–Crippen LogP) is 3.34. The van der Waals surface area contributed by atoms with Crippen LogP contribution in [0.2, 0.25) is 0 Å². The van der Waals surface area contributed by atoms with E-state index in [-0.39, 0.29) is 11.6 Å². The van der Waals surface area contributed by atoms with Crippen molar-refractivity contribution >= 4 is 23.4 Å². The third-order valence-corrected chi connectivity index (χ3v) is 4.54. The molecule has 1 aromatic rings. The van der Waals surface area contributed by atoms with Gasteiger partial charge in [0.2, 0.25) is 5.91 Å². The quantitative estimate of drug-likeness (QED) is 0.647. The molecular weight excluding hydrogens is 275 g/mol. The van der Waals surface area contributed by atoms with Crippen LogP contribution in [0, 0.1) is 5.82 Å². The van der Waals surface area contributed by atoms with Crippen molar-refractivity contribution in [3.63, 3.8) is 0 Å². The highest BCUT2D eigenvalue weighted by Gasteiger charge is 2.15. The maximum absolute atomic E-state index is 13.3. The van der Waals surface area contributed by atoms with Crippen LogP contribution in [0.1, 0.15) is 38.5 Å². The van der Waals surface area contributed by atoms with Crippen LogP contribution in [0.5, 0.6) is 0 Å². The number of hydrogen-bond acceptors (Lipinski definition) is 3. The van der Waals surface area contributed by atoms with E-state index < -0.39 is 5.82 Å². The van der Waals surface area contributed by atoms with Gasteiger partial charge in [0.15, 0.2) is 0 Å². The van der Waals surface area contributed by atoms with Crippen molar-refractivity contribution in [1.82, 2.24) is 5.32 Å². The molecule has 1 fully saturated rings. The molecule has 0 spiro atoms. The zero-order valence-electron chi connectivity index (χ0n) is 11.5. The molecule has 0 saturated heterocycles. The van der Waals surface area contributed by atoms with Crippen LogP contribution in [0.4, 0.5) is 10.1 Å². The smallest absolute Gasteiger partial charge is 0.221 e. The minimum atomic E-state index is -0.401. The molecule has 5 heteroatoms. The lowest BCUT2D eigenvalue weighted by molar-refractivity contribution is -0.121. The van der Waals surface area contributed by atoms with E-state index in [1.54, 1.807) is 12.1 Å². The second-order valence-corrected chi connectivity index (χ2v) is 6.35. The normalized spacial score (nSPS) is 16.1. The Hall–Kier alpha value is -1.23. The van der Waals surface area contributed by atoms with Gasteiger partial charge in [0, 0.05) is 23.1 Å². The fourth-order valence-electron chi connectivity index (χ4n) is 2.41. The molecule has 0 radical (unpaired) electrons. The Bertz CT molecular complexity index is 461. The number of amides is 1. The summed E-state index contributed by atoms with van der Waals surface area (Å²) in [6.07, 6.45) is 6.37. The highest BCUT2D eigenvalue weighted by molar-refractivity contribution is 7.99. The molecule has 1 saturated carbocycles. The van der Waals surface area contributed by atoms with Crippen LogP contribution >= 0.6 is 11.8 Å². The van der Waals surface area contributed by atoms with Crippen LogP contribution in [-0.2, 0) is 4.79 Å². The van der Waals surface area contributed by atoms with Crippen LogP contribution < -0.4 is 11.1 Å². The lowest BCUT2D eigenvalue weighted by Crippen LogP contribution is -2.36. The largest absolute Gasteiger partial charge is 0.396 e. The second kappa shape index (κ2) is 7.53. The first-order valence-electron chi connectivity index (χ1n) is 7.12. The van der Waals surface area contributed by atoms with Gasteiger partial charge in [0.05, 0.1) is 5.69 Å². The SMILES string of the molecule is Nc1ccc(SCCC(=O)NC2CCCCC2)cc1F. The minimum Gasteiger partial charge on any atom is -0.396 e. The molecule has 2 rings (SSSR count). The molecule has 1 amide bonds. The lowest BCUT2D eigenvalue weighted by Gasteiger charge is -2.22. The standard InChI is InChI=1S/C15H21FN2OS/c16-13-10-12(6-7-14(13)17)20-9-8-15(19)18-11-4-2-1-3-5-11/h6-7,10-11H,1-5,8-9,17H2,(H,18,19). The minimum absolute atomic E-state index is 0.0975. The Balaban J connectivity index is 1.69. The van der Waals surface area contributed by atoms with E-state index in [0.29, 0.717) is 18.2 Å². The van der Waals surface area contributed by atoms with Crippen molar-refractivity contribution in [2.24, 2.45) is 0 Å². The van der Waals surface area contributed by atoms with E-state index in [1.165, 1.54) is 37.1 Å². The Morgan fingerprint density at radius 1 is 1.35 bits per heavy atom. The third-order valence-electron chi connectivity index (χ3n) is 3.54. The molecule has 20 heavy (non-hydrogen) atoms. The maximum Gasteiger partial charge on any atom is 0.221 e. The van der Waals surface area contributed by atoms with Crippen LogP contribution in [0.15, 0.2) is 23.1 Å². The summed E-state index contributed by atoms with van der Waals surface area (Å²) >= 11 is 1.48. The van der Waals surface area contributed by atoms with Gasteiger partial charge in [-0.1, -0.05) is 19.3 Å². The number of carbonyl (C=O) groups is 1. The molecule has 0 aliphatic heterocycles. The Kier molecular flexibility index (Phi) is 5.71. The van der Waals surface area contributed by atoms with Gasteiger partial charge in [-0.3, -0.25) is 4.79 Å². The average molecular weight is 296 g/mol. The highest BCUT2D eigenvalue weighted by Crippen LogP contribution is 2.23. The van der Waals surface area contributed by atoms with Gasteiger partial charge in [-0.2, -0.15) is 0 Å². The van der Waals surface area contributed by atoms with Crippen LogP contribution in [0.25, 0.3) is 0 Å². The number of nitrogens with two attached hydrogens (primary N) is 1. The Morgan fingerprint density at radius 2 is 2.10 bits per heavy atom. The van der Waals surface area contributed by atoms with E-state index in [0.717, 1.165) is 17.7 Å². The molecule has 0 atom stereocenters. The van der Waals surface area contributed by atoms with Crippen molar-refractivity contribution in [3.8, 4) is 0 Å². The zero-order valence-corrected chi connectivity index (χ0v) is 12.3. The number of nitrogen functional groups attached to an aromatic ring is 1. The fraction of sp³-hybridized carbons (Fsp3) is 0.533. The van der Waals surface area contributed by atoms with Crippen molar-refractivity contribution in [1.29, 1.82) is 0 Å². The number of thioether (sulfide) groups is 1. The molecule has 0 aromatic heterocycles. The molecule has 3 N–H and O–H groups in total. The molecule has 0 unspecified atom stereocenters. The third kappa shape index (κ3) is 4.71. The first kappa shape index (κ1) is 15.2. The summed E-state index contributed by atoms with van der Waals surface area (Å²) in [5, 5.41) is 3.08. The van der Waals surface area contributed by atoms with Gasteiger partial charge in [0.1, 0.15) is 5.82 Å². The lowest BCUT2D eigenvalue weighted by atomic mass is 9.95. The summed E-state index contributed by atoms with van der Waals surface area (Å²) in [5.74, 6) is 0.351. The summed E-state index contributed by atoms with van der Waals surface area (Å²) in [4.78, 5) is 12.6. The van der Waals surface area contributed by atoms with Crippen molar-refractivity contribution in [3.05, 3.63) is 24.0 Å². The van der Waals surface area contributed by atoms with Crippen molar-refractivity contribution in [2.45, 2.75) is 49.5 Å². The van der Waals surface area contributed by atoms with Gasteiger partial charge in [0.25, 0.3) is 0 Å². The summed E-state index contributed by atoms with van der Waals surface area (Å²) < 4.78 is 13.3. The van der Waals surface area contributed by atoms with E-state index in [1.807, 2.05) is 0 Å². The van der Waals surface area contributed by atoms with E-state index in [2.05, 4.69) is 5.32 Å². The van der Waals surface area contributed by atoms with Crippen molar-refractivity contribution in [2.75, 3.05) is 11.5 Å². The summed E-state index contributed by atoms with van der Waals surface area (Å²) in [6.45, 7) is 0. The maximum atomic E-state index is 13.3. The number of rotatable bonds is 5. The molecule has 0 bridgehead atoms. The van der Waals surface area contributed by atoms with E-state index in [4.69, 9.17) is 5.73 Å². The number of halogens is 1. The number of benzene rings is 1. The molecule has 1 aliphatic carbocycles. The van der Waals surface area contributed by atoms with Gasteiger partial charge < -0.3 is 11.1 Å². The fourth-order valence-corrected chi connectivity index (χ4v) is 3.28. The number of anilines is 1. The summed E-state index contributed by atoms with van der Waals surface area (Å²) in [7, 11) is 0. The summed E-state index contributed by atoms with van der Waals surface area (Å²) in [5.41, 5.74) is 5.58. The second-order valence-electron chi connectivity index (χ2n) is 5.18. The molecule has 0 heterocycles.